The molecule has 5 nitrogen and oxygen atoms in total. The molecule has 5 aromatic carbocycles. The van der Waals surface area contributed by atoms with Crippen molar-refractivity contribution < 1.29 is 0 Å². The van der Waals surface area contributed by atoms with Gasteiger partial charge in [0.25, 0.3) is 0 Å². The number of hydrogen-bond donors (Lipinski definition) is 0. The van der Waals surface area contributed by atoms with Crippen molar-refractivity contribution in [2.75, 3.05) is 0 Å². The van der Waals surface area contributed by atoms with E-state index in [9.17, 15) is 10.5 Å². The Morgan fingerprint density at radius 2 is 1.13 bits per heavy atom. The fraction of sp³-hybridized carbons (Fsp3) is 0. The van der Waals surface area contributed by atoms with Crippen molar-refractivity contribution in [3.05, 3.63) is 151 Å². The van der Waals surface area contributed by atoms with E-state index in [0.717, 1.165) is 72.2 Å². The van der Waals surface area contributed by atoms with Gasteiger partial charge in [0.15, 0.2) is 0 Å². The maximum absolute atomic E-state index is 9.47. The first kappa shape index (κ1) is 26.1. The number of nitriles is 2. The molecular weight excluding hydrogens is 550 g/mol. The molecule has 0 aliphatic rings. The second-order valence-corrected chi connectivity index (χ2v) is 10.9. The normalized spacial score (nSPS) is 11.1. The third kappa shape index (κ3) is 4.39. The lowest BCUT2D eigenvalue weighted by molar-refractivity contribution is 1.27. The van der Waals surface area contributed by atoms with Crippen molar-refractivity contribution in [2.24, 2.45) is 0 Å². The fourth-order valence-electron chi connectivity index (χ4n) is 6.12. The Hall–Kier alpha value is -6.56. The van der Waals surface area contributed by atoms with Crippen molar-refractivity contribution in [2.45, 2.75) is 0 Å². The van der Waals surface area contributed by atoms with Crippen LogP contribution in [0.1, 0.15) is 11.1 Å². The molecule has 0 atom stereocenters. The largest absolute Gasteiger partial charge is 0.291 e. The number of fused-ring (bicyclic) bond motifs is 6. The minimum atomic E-state index is 0.594. The van der Waals surface area contributed by atoms with E-state index in [1.807, 2.05) is 72.9 Å². The van der Waals surface area contributed by atoms with Crippen molar-refractivity contribution in [3.63, 3.8) is 0 Å². The molecule has 3 aromatic heterocycles. The quantitative estimate of drug-likeness (QED) is 0.197. The van der Waals surface area contributed by atoms with Gasteiger partial charge in [-0.25, -0.2) is 4.98 Å². The van der Waals surface area contributed by atoms with Crippen LogP contribution in [0.15, 0.2) is 140 Å². The van der Waals surface area contributed by atoms with Gasteiger partial charge in [0.1, 0.15) is 5.65 Å². The predicted octanol–water partition coefficient (Wildman–Crippen LogP) is 9.45. The molecule has 0 bridgehead atoms. The molecule has 0 aliphatic heterocycles. The lowest BCUT2D eigenvalue weighted by Gasteiger charge is -2.13. The molecule has 5 heteroatoms. The summed E-state index contributed by atoms with van der Waals surface area (Å²) in [5.74, 6) is 0. The Labute approximate surface area is 259 Å². The molecule has 45 heavy (non-hydrogen) atoms. The molecule has 0 amide bonds. The summed E-state index contributed by atoms with van der Waals surface area (Å²) in [7, 11) is 0. The number of hydrogen-bond acceptors (Lipinski definition) is 4. The topological polar surface area (TPSA) is 77.8 Å². The lowest BCUT2D eigenvalue weighted by Crippen LogP contribution is -1.95. The molecule has 8 aromatic rings. The average Bonchev–Trinajstić information content (AvgIpc) is 3.53. The van der Waals surface area contributed by atoms with E-state index in [4.69, 9.17) is 4.98 Å². The standard InChI is InChI=1S/C40H23N5/c41-24-26-8-12-30(13-9-26)38-39(31-14-10-27(25-42)11-15-31)45-37-7-2-1-5-34(37)33-21-20-32(23-35(33)40(45)44-38)28-16-18-29(19-17-28)36-6-3-4-22-43-36/h1-23H. The first-order chi connectivity index (χ1) is 22.2. The summed E-state index contributed by atoms with van der Waals surface area (Å²) in [6.07, 6.45) is 1.81. The predicted molar refractivity (Wildman–Crippen MR) is 179 cm³/mol. The minimum Gasteiger partial charge on any atom is -0.291 e. The zero-order chi connectivity index (χ0) is 30.3. The van der Waals surface area contributed by atoms with Gasteiger partial charge in [-0.1, -0.05) is 84.9 Å². The van der Waals surface area contributed by atoms with Crippen LogP contribution < -0.4 is 0 Å². The first-order valence-electron chi connectivity index (χ1n) is 14.6. The number of rotatable bonds is 4. The van der Waals surface area contributed by atoms with Crippen LogP contribution in [0.5, 0.6) is 0 Å². The minimum absolute atomic E-state index is 0.594. The molecule has 0 radical (unpaired) electrons. The van der Waals surface area contributed by atoms with Gasteiger partial charge in [0.2, 0.25) is 0 Å². The highest BCUT2D eigenvalue weighted by Crippen LogP contribution is 2.40. The van der Waals surface area contributed by atoms with Crippen molar-refractivity contribution in [1.82, 2.24) is 14.4 Å². The zero-order valence-corrected chi connectivity index (χ0v) is 24.0. The van der Waals surface area contributed by atoms with Gasteiger partial charge in [0, 0.05) is 33.7 Å². The Kier molecular flexibility index (Phi) is 6.16. The van der Waals surface area contributed by atoms with Crippen LogP contribution in [0.4, 0.5) is 0 Å². The molecule has 8 rings (SSSR count). The van der Waals surface area contributed by atoms with Gasteiger partial charge >= 0.3 is 0 Å². The third-order valence-corrected chi connectivity index (χ3v) is 8.33. The molecule has 0 saturated heterocycles. The van der Waals surface area contributed by atoms with E-state index in [0.29, 0.717) is 11.1 Å². The second kappa shape index (κ2) is 10.6. The number of para-hydroxylation sites is 1. The van der Waals surface area contributed by atoms with Gasteiger partial charge in [-0.15, -0.1) is 0 Å². The van der Waals surface area contributed by atoms with Crippen molar-refractivity contribution in [1.29, 1.82) is 10.5 Å². The molecular formula is C40H23N5. The summed E-state index contributed by atoms with van der Waals surface area (Å²) in [6.45, 7) is 0. The summed E-state index contributed by atoms with van der Waals surface area (Å²) in [4.78, 5) is 9.82. The van der Waals surface area contributed by atoms with E-state index in [1.54, 1.807) is 0 Å². The number of benzene rings is 5. The van der Waals surface area contributed by atoms with Crippen LogP contribution in [-0.2, 0) is 0 Å². The average molecular weight is 574 g/mol. The van der Waals surface area contributed by atoms with Crippen LogP contribution in [-0.4, -0.2) is 14.4 Å². The first-order valence-corrected chi connectivity index (χ1v) is 14.6. The molecule has 208 valence electrons. The van der Waals surface area contributed by atoms with E-state index in [2.05, 4.69) is 88.3 Å². The Balaban J connectivity index is 1.41. The molecule has 0 unspecified atom stereocenters. The van der Waals surface area contributed by atoms with Crippen molar-refractivity contribution in [3.8, 4) is 57.0 Å². The molecule has 0 aliphatic carbocycles. The van der Waals surface area contributed by atoms with Crippen LogP contribution >= 0.6 is 0 Å². The highest BCUT2D eigenvalue weighted by molar-refractivity contribution is 6.14. The molecule has 0 saturated carbocycles. The monoisotopic (exact) mass is 573 g/mol. The highest BCUT2D eigenvalue weighted by Gasteiger charge is 2.21. The Morgan fingerprint density at radius 1 is 0.511 bits per heavy atom. The van der Waals surface area contributed by atoms with Crippen LogP contribution in [0, 0.1) is 22.7 Å². The van der Waals surface area contributed by atoms with E-state index in [1.165, 1.54) is 0 Å². The maximum atomic E-state index is 9.47. The number of nitrogens with zero attached hydrogens (tertiary/aromatic N) is 5. The molecule has 0 N–H and O–H groups in total. The summed E-state index contributed by atoms with van der Waals surface area (Å²) < 4.78 is 2.24. The van der Waals surface area contributed by atoms with Gasteiger partial charge < -0.3 is 0 Å². The van der Waals surface area contributed by atoms with Crippen LogP contribution in [0.25, 0.3) is 72.2 Å². The molecule has 0 spiro atoms. The number of aromatic nitrogens is 3. The summed E-state index contributed by atoms with van der Waals surface area (Å²) in [5, 5.41) is 22.2. The van der Waals surface area contributed by atoms with E-state index >= 15 is 0 Å². The lowest BCUT2D eigenvalue weighted by atomic mass is 9.98. The Morgan fingerprint density at radius 3 is 1.82 bits per heavy atom. The molecule has 0 fully saturated rings. The summed E-state index contributed by atoms with van der Waals surface area (Å²) >= 11 is 0. The summed E-state index contributed by atoms with van der Waals surface area (Å²) in [5.41, 5.74) is 10.9. The zero-order valence-electron chi connectivity index (χ0n) is 24.0. The number of pyridine rings is 2. The smallest absolute Gasteiger partial charge is 0.146 e. The van der Waals surface area contributed by atoms with Gasteiger partial charge in [-0.2, -0.15) is 10.5 Å². The van der Waals surface area contributed by atoms with Gasteiger partial charge in [-0.05, 0) is 65.0 Å². The van der Waals surface area contributed by atoms with Gasteiger partial charge in [-0.3, -0.25) is 9.38 Å². The number of imidazole rings is 1. The molecule has 3 heterocycles. The summed E-state index contributed by atoms with van der Waals surface area (Å²) in [6, 6.07) is 49.1. The maximum Gasteiger partial charge on any atom is 0.146 e. The SMILES string of the molecule is N#Cc1ccc(-c2nc3c4cc(-c5ccc(-c6ccccn6)cc5)ccc4c4ccccc4n3c2-c2ccc(C#N)cc2)cc1. The van der Waals surface area contributed by atoms with Crippen molar-refractivity contribution >= 4 is 27.3 Å². The van der Waals surface area contributed by atoms with Gasteiger partial charge in [0.05, 0.1) is 45.9 Å². The second-order valence-electron chi connectivity index (χ2n) is 10.9. The highest BCUT2D eigenvalue weighted by atomic mass is 15.0. The Bertz CT molecular complexity index is 2460. The van der Waals surface area contributed by atoms with Crippen LogP contribution in [0.3, 0.4) is 0 Å². The van der Waals surface area contributed by atoms with E-state index in [-0.39, 0.29) is 0 Å². The van der Waals surface area contributed by atoms with E-state index < -0.39 is 0 Å². The third-order valence-electron chi connectivity index (χ3n) is 8.33. The fourth-order valence-corrected chi connectivity index (χ4v) is 6.12. The van der Waals surface area contributed by atoms with Crippen LogP contribution in [0.2, 0.25) is 0 Å².